The average Bonchev–Trinajstić information content (AvgIpc) is 3.30. The van der Waals surface area contributed by atoms with Gasteiger partial charge in [-0.15, -0.1) is 0 Å². The van der Waals surface area contributed by atoms with Crippen LogP contribution in [0.5, 0.6) is 0 Å². The fourth-order valence-corrected chi connectivity index (χ4v) is 4.66. The summed E-state index contributed by atoms with van der Waals surface area (Å²) >= 11 is 3.41. The number of benzene rings is 3. The molecule has 0 saturated carbocycles. The van der Waals surface area contributed by atoms with Crippen LogP contribution in [0.1, 0.15) is 34.5 Å². The molecule has 5 rings (SSSR count). The molecule has 7 nitrogen and oxygen atoms in total. The molecule has 2 amide bonds. The fourth-order valence-electron chi connectivity index (χ4n) is 4.28. The lowest BCUT2D eigenvalue weighted by Crippen LogP contribution is -2.32. The van der Waals surface area contributed by atoms with E-state index in [9.17, 15) is 9.59 Å². The van der Waals surface area contributed by atoms with E-state index in [0.29, 0.717) is 27.4 Å². The number of aryl methyl sites for hydroxylation is 1. The van der Waals surface area contributed by atoms with E-state index in [4.69, 9.17) is 0 Å². The molecular weight excluding hydrogens is 537 g/mol. The van der Waals surface area contributed by atoms with Crippen molar-refractivity contribution in [3.63, 3.8) is 0 Å². The molecule has 0 bridgehead atoms. The highest BCUT2D eigenvalue weighted by Crippen LogP contribution is 2.39. The third-order valence-corrected chi connectivity index (χ3v) is 6.60. The summed E-state index contributed by atoms with van der Waals surface area (Å²) in [5.41, 5.74) is 3.58. The number of nitrogens with zero attached hydrogens (tertiary/aromatic N) is 2. The number of halogens is 2. The Balaban J connectivity index is 1.57. The van der Waals surface area contributed by atoms with Gasteiger partial charge < -0.3 is 16.0 Å². The lowest BCUT2D eigenvalue weighted by molar-refractivity contribution is -0.113. The first kappa shape index (κ1) is 24.5. The number of hydrogen-bond acceptors (Lipinski definition) is 4. The molecule has 0 radical (unpaired) electrons. The van der Waals surface area contributed by atoms with E-state index in [1.54, 1.807) is 31.2 Å². The topological polar surface area (TPSA) is 88.0 Å². The van der Waals surface area contributed by atoms with Gasteiger partial charge >= 0.3 is 0 Å². The van der Waals surface area contributed by atoms with Gasteiger partial charge in [0.2, 0.25) is 0 Å². The molecule has 1 atom stereocenters. The van der Waals surface area contributed by atoms with Gasteiger partial charge in [0.15, 0.2) is 0 Å². The number of para-hydroxylation sites is 1. The Morgan fingerprint density at radius 2 is 1.62 bits per heavy atom. The maximum Gasteiger partial charge on any atom is 0.261 e. The first-order valence-electron chi connectivity index (χ1n) is 11.6. The van der Waals surface area contributed by atoms with Crippen molar-refractivity contribution in [2.75, 3.05) is 16.0 Å². The number of carbonyl (C=O) groups excluding carboxylic acids is 2. The summed E-state index contributed by atoms with van der Waals surface area (Å²) in [5.74, 6) is -0.925. The van der Waals surface area contributed by atoms with Crippen LogP contribution in [-0.2, 0) is 4.79 Å². The van der Waals surface area contributed by atoms with Crippen molar-refractivity contribution in [3.05, 3.63) is 117 Å². The minimum Gasteiger partial charge on any atom is -0.343 e. The minimum absolute atomic E-state index is 0.239. The third-order valence-electron chi connectivity index (χ3n) is 6.11. The van der Waals surface area contributed by atoms with Crippen molar-refractivity contribution < 1.29 is 14.0 Å². The largest absolute Gasteiger partial charge is 0.343 e. The number of carbonyl (C=O) groups is 2. The van der Waals surface area contributed by atoms with Gasteiger partial charge in [0.05, 0.1) is 11.8 Å². The lowest BCUT2D eigenvalue weighted by atomic mass is 9.94. The molecular formula is C28H23BrFN5O2. The van der Waals surface area contributed by atoms with Gasteiger partial charge in [-0.05, 0) is 56.3 Å². The number of nitrogens with one attached hydrogen (secondary N) is 3. The van der Waals surface area contributed by atoms with Crippen LogP contribution in [0.2, 0.25) is 0 Å². The van der Waals surface area contributed by atoms with Crippen molar-refractivity contribution in [1.82, 2.24) is 9.78 Å². The van der Waals surface area contributed by atoms with E-state index in [1.807, 2.05) is 49.4 Å². The number of fused-ring (bicyclic) bond motifs is 1. The second-order valence-corrected chi connectivity index (χ2v) is 9.64. The molecule has 0 unspecified atom stereocenters. The molecule has 2 heterocycles. The summed E-state index contributed by atoms with van der Waals surface area (Å²) in [6.45, 7) is 3.69. The van der Waals surface area contributed by atoms with Gasteiger partial charge in [-0.1, -0.05) is 51.8 Å². The van der Waals surface area contributed by atoms with Crippen LogP contribution in [0.25, 0.3) is 0 Å². The van der Waals surface area contributed by atoms with E-state index in [0.717, 1.165) is 5.56 Å². The zero-order valence-electron chi connectivity index (χ0n) is 20.0. The van der Waals surface area contributed by atoms with Crippen molar-refractivity contribution in [2.45, 2.75) is 19.9 Å². The van der Waals surface area contributed by atoms with Crippen molar-refractivity contribution in [3.8, 4) is 0 Å². The summed E-state index contributed by atoms with van der Waals surface area (Å²) < 4.78 is 17.3. The zero-order valence-corrected chi connectivity index (χ0v) is 21.6. The van der Waals surface area contributed by atoms with Crippen LogP contribution in [0.15, 0.2) is 94.7 Å². The Labute approximate surface area is 221 Å². The van der Waals surface area contributed by atoms with Gasteiger partial charge in [-0.25, -0.2) is 9.07 Å². The number of allylic oxidation sites excluding steroid dienone is 1. The summed E-state index contributed by atoms with van der Waals surface area (Å²) in [5, 5.41) is 13.3. The average molecular weight is 560 g/mol. The lowest BCUT2D eigenvalue weighted by Gasteiger charge is -2.30. The van der Waals surface area contributed by atoms with Crippen LogP contribution >= 0.6 is 15.9 Å². The molecule has 186 valence electrons. The number of aromatic nitrogens is 2. The standard InChI is InChI=1S/C28H23BrFN5O2/c1-16-8-11-20(12-9-16)33-27(36)22-15-31-35-25(21-14-18(29)10-13-23(21)30)24(17(2)32-26(22)35)28(37)34-19-6-4-3-5-7-19/h3-15,25,32H,1-2H3,(H,33,36)(H,34,37)/t25-/m0/s1. The molecule has 37 heavy (non-hydrogen) atoms. The van der Waals surface area contributed by atoms with Crippen molar-refractivity contribution >= 4 is 44.9 Å². The number of rotatable bonds is 5. The van der Waals surface area contributed by atoms with E-state index in [2.05, 4.69) is 37.0 Å². The molecule has 4 aromatic rings. The van der Waals surface area contributed by atoms with Crippen molar-refractivity contribution in [1.29, 1.82) is 0 Å². The Kier molecular flexibility index (Phi) is 6.62. The minimum atomic E-state index is -0.918. The highest BCUT2D eigenvalue weighted by atomic mass is 79.9. The molecule has 1 aliphatic rings. The van der Waals surface area contributed by atoms with Gasteiger partial charge in [-0.2, -0.15) is 5.10 Å². The first-order valence-corrected chi connectivity index (χ1v) is 12.4. The Hall–Kier alpha value is -4.24. The smallest absolute Gasteiger partial charge is 0.261 e. The normalized spacial score (nSPS) is 14.5. The molecule has 0 aliphatic carbocycles. The molecule has 0 fully saturated rings. The van der Waals surface area contributed by atoms with Gasteiger partial charge in [0, 0.05) is 27.1 Å². The highest BCUT2D eigenvalue weighted by molar-refractivity contribution is 9.10. The Morgan fingerprint density at radius 1 is 0.946 bits per heavy atom. The molecule has 3 N–H and O–H groups in total. The van der Waals surface area contributed by atoms with Gasteiger partial charge in [0.1, 0.15) is 23.2 Å². The second-order valence-electron chi connectivity index (χ2n) is 8.72. The van der Waals surface area contributed by atoms with Crippen LogP contribution in [-0.4, -0.2) is 21.6 Å². The first-order chi connectivity index (χ1) is 17.8. The summed E-state index contributed by atoms with van der Waals surface area (Å²) in [7, 11) is 0. The highest BCUT2D eigenvalue weighted by Gasteiger charge is 2.36. The van der Waals surface area contributed by atoms with E-state index in [-0.39, 0.29) is 22.6 Å². The van der Waals surface area contributed by atoms with E-state index in [1.165, 1.54) is 16.9 Å². The summed E-state index contributed by atoms with van der Waals surface area (Å²) in [4.78, 5) is 26.7. The molecule has 3 aromatic carbocycles. The van der Waals surface area contributed by atoms with Gasteiger partial charge in [0.25, 0.3) is 11.8 Å². The SMILES string of the molecule is CC1=C(C(=O)Nc2ccccc2)[C@H](c2cc(Br)ccc2F)n2ncc(C(=O)Nc3ccc(C)cc3)c2N1. The molecule has 9 heteroatoms. The molecule has 1 aliphatic heterocycles. The zero-order chi connectivity index (χ0) is 26.1. The predicted octanol–water partition coefficient (Wildman–Crippen LogP) is 6.27. The van der Waals surface area contributed by atoms with E-state index >= 15 is 4.39 Å². The van der Waals surface area contributed by atoms with Crippen LogP contribution in [0.3, 0.4) is 0 Å². The maximum atomic E-state index is 15.2. The van der Waals surface area contributed by atoms with Crippen LogP contribution in [0, 0.1) is 12.7 Å². The molecule has 0 spiro atoms. The summed E-state index contributed by atoms with van der Waals surface area (Å²) in [6, 6.07) is 20.1. The van der Waals surface area contributed by atoms with Gasteiger partial charge in [-0.3, -0.25) is 9.59 Å². The molecule has 0 saturated heterocycles. The maximum absolute atomic E-state index is 15.2. The number of anilines is 3. The second kappa shape index (κ2) is 10.0. The molecule has 1 aromatic heterocycles. The van der Waals surface area contributed by atoms with Crippen LogP contribution in [0.4, 0.5) is 21.6 Å². The number of hydrogen-bond donors (Lipinski definition) is 3. The van der Waals surface area contributed by atoms with Crippen LogP contribution < -0.4 is 16.0 Å². The van der Waals surface area contributed by atoms with E-state index < -0.39 is 17.8 Å². The van der Waals surface area contributed by atoms with Crippen molar-refractivity contribution in [2.24, 2.45) is 0 Å². The monoisotopic (exact) mass is 559 g/mol. The Bertz CT molecular complexity index is 1530. The third kappa shape index (κ3) is 4.90. The summed E-state index contributed by atoms with van der Waals surface area (Å²) in [6.07, 6.45) is 1.42. The predicted molar refractivity (Wildman–Crippen MR) is 145 cm³/mol. The number of amides is 2. The Morgan fingerprint density at radius 3 is 2.35 bits per heavy atom. The quantitative estimate of drug-likeness (QED) is 0.269. The fraction of sp³-hybridized carbons (Fsp3) is 0.107.